The van der Waals surface area contributed by atoms with Crippen molar-refractivity contribution in [1.29, 1.82) is 0 Å². The molecule has 5 heterocycles. The normalized spacial score (nSPS) is 21.6. The maximum absolute atomic E-state index is 12.4. The number of anilines is 1. The lowest BCUT2D eigenvalue weighted by Gasteiger charge is -2.24. The Hall–Kier alpha value is -5.05. The van der Waals surface area contributed by atoms with Gasteiger partial charge in [-0.1, -0.05) is 24.3 Å². The van der Waals surface area contributed by atoms with E-state index in [1.165, 1.54) is 29.6 Å². The molecule has 7 rings (SSSR count). The van der Waals surface area contributed by atoms with E-state index < -0.39 is 36.4 Å². The predicted molar refractivity (Wildman–Crippen MR) is 163 cm³/mol. The van der Waals surface area contributed by atoms with E-state index in [1.54, 1.807) is 18.0 Å². The third-order valence-electron chi connectivity index (χ3n) is 7.79. The zero-order valence-electron chi connectivity index (χ0n) is 25.5. The fourth-order valence-electron chi connectivity index (χ4n) is 5.56. The van der Waals surface area contributed by atoms with Crippen LogP contribution in [0.2, 0.25) is 0 Å². The van der Waals surface area contributed by atoms with Crippen LogP contribution in [0.5, 0.6) is 11.5 Å². The molecule has 2 unspecified atom stereocenters. The zero-order valence-corrected chi connectivity index (χ0v) is 25.5. The molecular weight excluding hydrogens is 594 g/mol. The number of benzene rings is 2. The molecule has 3 aromatic heterocycles. The van der Waals surface area contributed by atoms with Gasteiger partial charge in [-0.2, -0.15) is 0 Å². The summed E-state index contributed by atoms with van der Waals surface area (Å²) >= 11 is 0. The number of imidazole rings is 2. The van der Waals surface area contributed by atoms with Gasteiger partial charge in [-0.25, -0.2) is 29.3 Å². The molecule has 2 fully saturated rings. The van der Waals surface area contributed by atoms with Crippen molar-refractivity contribution < 1.29 is 33.2 Å². The summed E-state index contributed by atoms with van der Waals surface area (Å²) in [7, 11) is 1.65. The molecule has 14 heteroatoms. The molecule has 2 aliphatic rings. The van der Waals surface area contributed by atoms with Gasteiger partial charge in [-0.05, 0) is 49.2 Å². The van der Waals surface area contributed by atoms with Crippen LogP contribution < -0.4 is 14.8 Å². The van der Waals surface area contributed by atoms with E-state index in [0.29, 0.717) is 30.1 Å². The molecule has 0 aliphatic carbocycles. The van der Waals surface area contributed by atoms with Gasteiger partial charge in [0.1, 0.15) is 55.7 Å². The molecule has 2 saturated heterocycles. The van der Waals surface area contributed by atoms with E-state index in [4.69, 9.17) is 28.4 Å². The summed E-state index contributed by atoms with van der Waals surface area (Å²) in [4.78, 5) is 29.8. The maximum Gasteiger partial charge on any atom is 0.419 e. The Kier molecular flexibility index (Phi) is 7.98. The molecule has 0 amide bonds. The highest BCUT2D eigenvalue weighted by Gasteiger charge is 2.56. The standard InChI is InChI=1S/C32H33N7O7/c1-32(2)45-26-24(16-43-31(40)38-13-12-33-18-38)44-30(27(26)46-32)39-19-37-25-28(35-17-36-29(25)39)34-14-20-4-10-23(11-5-20)42-15-21-6-8-22(41-3)9-7-21/h4-13,17-19,24,26-27,30H,14-16H2,1-3H3,(H,34,35,36)/t24-,26?,27?,30-/m1/s1. The van der Waals surface area contributed by atoms with Crippen molar-refractivity contribution in [2.24, 2.45) is 0 Å². The van der Waals surface area contributed by atoms with Crippen LogP contribution in [0.25, 0.3) is 11.2 Å². The first-order chi connectivity index (χ1) is 22.4. The number of hydrogen-bond acceptors (Lipinski definition) is 12. The predicted octanol–water partition coefficient (Wildman–Crippen LogP) is 4.32. The van der Waals surface area contributed by atoms with Gasteiger partial charge in [0.05, 0.1) is 13.4 Å². The van der Waals surface area contributed by atoms with Crippen LogP contribution in [-0.4, -0.2) is 73.0 Å². The van der Waals surface area contributed by atoms with Crippen molar-refractivity contribution in [2.45, 2.75) is 57.3 Å². The van der Waals surface area contributed by atoms with Crippen molar-refractivity contribution in [3.8, 4) is 11.5 Å². The number of carbonyl (C=O) groups excluding carboxylic acids is 1. The van der Waals surface area contributed by atoms with Crippen molar-refractivity contribution in [1.82, 2.24) is 29.1 Å². The first-order valence-electron chi connectivity index (χ1n) is 14.8. The number of ether oxygens (including phenoxy) is 6. The minimum Gasteiger partial charge on any atom is -0.497 e. The number of nitrogens with one attached hydrogen (secondary N) is 1. The average molecular weight is 628 g/mol. The van der Waals surface area contributed by atoms with Gasteiger partial charge < -0.3 is 33.7 Å². The summed E-state index contributed by atoms with van der Waals surface area (Å²) in [5.41, 5.74) is 3.23. The van der Waals surface area contributed by atoms with Crippen LogP contribution in [-0.2, 0) is 32.1 Å². The molecule has 0 saturated carbocycles. The molecule has 1 N–H and O–H groups in total. The fraction of sp³-hybridized carbons (Fsp3) is 0.344. The summed E-state index contributed by atoms with van der Waals surface area (Å²) in [6.07, 6.45) is 4.79. The highest BCUT2D eigenvalue weighted by molar-refractivity contribution is 5.82. The highest BCUT2D eigenvalue weighted by Crippen LogP contribution is 2.44. The van der Waals surface area contributed by atoms with E-state index in [9.17, 15) is 4.79 Å². The highest BCUT2D eigenvalue weighted by atomic mass is 16.8. The van der Waals surface area contributed by atoms with Gasteiger partial charge in [-0.15, -0.1) is 0 Å². The number of rotatable bonds is 10. The first kappa shape index (κ1) is 29.6. The monoisotopic (exact) mass is 627 g/mol. The largest absolute Gasteiger partial charge is 0.497 e. The Morgan fingerprint density at radius 1 is 0.957 bits per heavy atom. The van der Waals surface area contributed by atoms with E-state index in [-0.39, 0.29) is 6.61 Å². The van der Waals surface area contributed by atoms with Crippen molar-refractivity contribution in [3.05, 3.63) is 91.0 Å². The summed E-state index contributed by atoms with van der Waals surface area (Å²) in [6.45, 7) is 4.62. The lowest BCUT2D eigenvalue weighted by molar-refractivity contribution is -0.199. The molecular formula is C32H33N7O7. The van der Waals surface area contributed by atoms with E-state index in [1.807, 2.05) is 62.4 Å². The number of aromatic nitrogens is 6. The van der Waals surface area contributed by atoms with Gasteiger partial charge in [0.2, 0.25) is 0 Å². The molecule has 0 bridgehead atoms. The molecule has 14 nitrogen and oxygen atoms in total. The van der Waals surface area contributed by atoms with Gasteiger partial charge in [-0.3, -0.25) is 4.57 Å². The van der Waals surface area contributed by atoms with Crippen LogP contribution >= 0.6 is 0 Å². The number of methoxy groups -OCH3 is 1. The Labute approximate surface area is 264 Å². The third kappa shape index (κ3) is 6.09. The summed E-state index contributed by atoms with van der Waals surface area (Å²) in [5.74, 6) is 1.31. The summed E-state index contributed by atoms with van der Waals surface area (Å²) < 4.78 is 38.4. The Morgan fingerprint density at radius 2 is 1.72 bits per heavy atom. The molecule has 46 heavy (non-hydrogen) atoms. The third-order valence-corrected chi connectivity index (χ3v) is 7.79. The second kappa shape index (κ2) is 12.4. The van der Waals surface area contributed by atoms with E-state index >= 15 is 0 Å². The van der Waals surface area contributed by atoms with Crippen LogP contribution in [0.3, 0.4) is 0 Å². The molecule has 5 aromatic rings. The van der Waals surface area contributed by atoms with Crippen LogP contribution in [0.15, 0.2) is 79.9 Å². The molecule has 2 aromatic carbocycles. The SMILES string of the molecule is COc1ccc(COc2ccc(CNc3ncnc4c3ncn4[C@@H]3O[C@H](COC(=O)n4ccnc4)C4OC(C)(C)OC43)cc2)cc1. The van der Waals surface area contributed by atoms with Gasteiger partial charge >= 0.3 is 6.09 Å². The lowest BCUT2D eigenvalue weighted by Crippen LogP contribution is -2.34. The average Bonchev–Trinajstić information content (AvgIpc) is 3.87. The van der Waals surface area contributed by atoms with Crippen molar-refractivity contribution in [2.75, 3.05) is 19.0 Å². The smallest absolute Gasteiger partial charge is 0.419 e. The molecule has 4 atom stereocenters. The van der Waals surface area contributed by atoms with Crippen molar-refractivity contribution >= 4 is 23.1 Å². The maximum atomic E-state index is 12.4. The second-order valence-electron chi connectivity index (χ2n) is 11.4. The summed E-state index contributed by atoms with van der Waals surface area (Å²) in [6, 6.07) is 15.7. The number of carbonyl (C=O) groups is 1. The zero-order chi connectivity index (χ0) is 31.7. The minimum absolute atomic E-state index is 0.0339. The van der Waals surface area contributed by atoms with Crippen molar-refractivity contribution in [3.63, 3.8) is 0 Å². The van der Waals surface area contributed by atoms with Gasteiger partial charge in [0.15, 0.2) is 29.0 Å². The molecule has 238 valence electrons. The van der Waals surface area contributed by atoms with Crippen LogP contribution in [0, 0.1) is 0 Å². The Morgan fingerprint density at radius 3 is 2.48 bits per heavy atom. The van der Waals surface area contributed by atoms with Crippen LogP contribution in [0.1, 0.15) is 31.2 Å². The van der Waals surface area contributed by atoms with Gasteiger partial charge in [0.25, 0.3) is 0 Å². The molecule has 0 radical (unpaired) electrons. The topological polar surface area (TPSA) is 146 Å². The number of nitrogens with zero attached hydrogens (tertiary/aromatic N) is 6. The molecule has 0 spiro atoms. The lowest BCUT2D eigenvalue weighted by atomic mass is 10.1. The first-order valence-corrected chi connectivity index (χ1v) is 14.8. The Bertz CT molecular complexity index is 1790. The fourth-order valence-corrected chi connectivity index (χ4v) is 5.56. The quantitative estimate of drug-likeness (QED) is 0.235. The van der Waals surface area contributed by atoms with Crippen LogP contribution in [0.4, 0.5) is 10.6 Å². The summed E-state index contributed by atoms with van der Waals surface area (Å²) in [5, 5.41) is 3.37. The van der Waals surface area contributed by atoms with Gasteiger partial charge in [0, 0.05) is 18.9 Å². The number of hydrogen-bond donors (Lipinski definition) is 1. The minimum atomic E-state index is -0.849. The number of fused-ring (bicyclic) bond motifs is 2. The molecule has 2 aliphatic heterocycles. The van der Waals surface area contributed by atoms with E-state index in [2.05, 4.69) is 25.3 Å². The Balaban J connectivity index is 1.01. The van der Waals surface area contributed by atoms with E-state index in [0.717, 1.165) is 22.6 Å². The second-order valence-corrected chi connectivity index (χ2v) is 11.4.